The molecule has 0 amide bonds. The van der Waals surface area contributed by atoms with E-state index in [2.05, 4.69) is 32.8 Å². The summed E-state index contributed by atoms with van der Waals surface area (Å²) in [6.45, 7) is 1.89. The lowest BCUT2D eigenvalue weighted by Gasteiger charge is -2.03. The van der Waals surface area contributed by atoms with Crippen molar-refractivity contribution in [2.24, 2.45) is 7.05 Å². The van der Waals surface area contributed by atoms with Gasteiger partial charge in [0.1, 0.15) is 5.76 Å². The molecule has 0 aliphatic rings. The highest BCUT2D eigenvalue weighted by molar-refractivity contribution is 14.1. The van der Waals surface area contributed by atoms with Crippen LogP contribution in [0.5, 0.6) is 0 Å². The van der Waals surface area contributed by atoms with E-state index in [-0.39, 0.29) is 5.78 Å². The van der Waals surface area contributed by atoms with Crippen LogP contribution in [0.3, 0.4) is 0 Å². The minimum atomic E-state index is 0.0791. The summed E-state index contributed by atoms with van der Waals surface area (Å²) in [5, 5.41) is 9.08. The Hall–Kier alpha value is -1.61. The molecule has 0 saturated heterocycles. The Morgan fingerprint density at radius 2 is 2.00 bits per heavy atom. The minimum absolute atomic E-state index is 0.0791. The largest absolute Gasteiger partial charge is 0.469 e. The third kappa shape index (κ3) is 3.50. The standard InChI is InChI=1S/C16H14IN3O2S/c1-10-13(7-8-22-10)15-18-19-16(20(15)2)23-9-14(21)11-3-5-12(17)6-4-11/h3-8H,9H2,1-2H3. The fourth-order valence-corrected chi connectivity index (χ4v) is 3.31. The van der Waals surface area contributed by atoms with E-state index in [4.69, 9.17) is 4.42 Å². The van der Waals surface area contributed by atoms with Crippen LogP contribution in [0.1, 0.15) is 16.1 Å². The first-order chi connectivity index (χ1) is 11.1. The molecule has 0 aliphatic heterocycles. The molecule has 5 nitrogen and oxygen atoms in total. The van der Waals surface area contributed by atoms with Crippen LogP contribution in [0, 0.1) is 10.5 Å². The predicted molar refractivity (Wildman–Crippen MR) is 97.7 cm³/mol. The SMILES string of the molecule is Cc1occc1-c1nnc(SCC(=O)c2ccc(I)cc2)n1C. The zero-order valence-corrected chi connectivity index (χ0v) is 15.6. The predicted octanol–water partition coefficient (Wildman–Crippen LogP) is 3.96. The van der Waals surface area contributed by atoms with E-state index < -0.39 is 0 Å². The number of aromatic nitrogens is 3. The molecular formula is C16H14IN3O2S. The van der Waals surface area contributed by atoms with Crippen LogP contribution in [-0.2, 0) is 7.05 Å². The van der Waals surface area contributed by atoms with E-state index in [1.807, 2.05) is 48.9 Å². The molecule has 0 spiro atoms. The molecular weight excluding hydrogens is 425 g/mol. The first-order valence-corrected chi connectivity index (χ1v) is 8.98. The number of hydrogen-bond acceptors (Lipinski definition) is 5. The molecule has 0 N–H and O–H groups in total. The van der Waals surface area contributed by atoms with E-state index in [0.29, 0.717) is 16.5 Å². The third-order valence-electron chi connectivity index (χ3n) is 3.43. The molecule has 0 radical (unpaired) electrons. The number of furan rings is 1. The maximum atomic E-state index is 12.2. The smallest absolute Gasteiger partial charge is 0.191 e. The minimum Gasteiger partial charge on any atom is -0.469 e. The van der Waals surface area contributed by atoms with Gasteiger partial charge in [-0.25, -0.2) is 0 Å². The molecule has 3 aromatic rings. The molecule has 2 aromatic heterocycles. The van der Waals surface area contributed by atoms with Gasteiger partial charge in [0.05, 0.1) is 17.6 Å². The van der Waals surface area contributed by atoms with Crippen molar-refractivity contribution in [2.45, 2.75) is 12.1 Å². The highest BCUT2D eigenvalue weighted by atomic mass is 127. The number of nitrogens with zero attached hydrogens (tertiary/aromatic N) is 3. The van der Waals surface area contributed by atoms with Crippen LogP contribution in [0.4, 0.5) is 0 Å². The summed E-state index contributed by atoms with van der Waals surface area (Å²) in [4.78, 5) is 12.2. The van der Waals surface area contributed by atoms with E-state index in [9.17, 15) is 4.79 Å². The van der Waals surface area contributed by atoms with E-state index in [0.717, 1.165) is 20.7 Å². The second-order valence-corrected chi connectivity index (χ2v) is 7.16. The first-order valence-electron chi connectivity index (χ1n) is 6.91. The molecule has 118 valence electrons. The van der Waals surface area contributed by atoms with Crippen LogP contribution in [0.15, 0.2) is 46.2 Å². The van der Waals surface area contributed by atoms with Gasteiger partial charge in [-0.3, -0.25) is 4.79 Å². The molecule has 0 saturated carbocycles. The topological polar surface area (TPSA) is 60.9 Å². The average Bonchev–Trinajstić information content (AvgIpc) is 3.11. The van der Waals surface area contributed by atoms with Crippen molar-refractivity contribution in [2.75, 3.05) is 5.75 Å². The van der Waals surface area contributed by atoms with Gasteiger partial charge in [0.15, 0.2) is 16.8 Å². The highest BCUT2D eigenvalue weighted by Crippen LogP contribution is 2.26. The summed E-state index contributed by atoms with van der Waals surface area (Å²) in [5.74, 6) is 1.94. The number of carbonyl (C=O) groups excluding carboxylic acids is 1. The van der Waals surface area contributed by atoms with Crippen LogP contribution in [-0.4, -0.2) is 26.3 Å². The van der Waals surface area contributed by atoms with Gasteiger partial charge in [0.25, 0.3) is 0 Å². The van der Waals surface area contributed by atoms with Gasteiger partial charge in [-0.15, -0.1) is 10.2 Å². The summed E-state index contributed by atoms with van der Waals surface area (Å²) in [7, 11) is 1.89. The number of halogens is 1. The quantitative estimate of drug-likeness (QED) is 0.342. The van der Waals surface area contributed by atoms with Crippen molar-refractivity contribution in [3.8, 4) is 11.4 Å². The maximum absolute atomic E-state index is 12.2. The lowest BCUT2D eigenvalue weighted by molar-refractivity contribution is 0.102. The van der Waals surface area contributed by atoms with Gasteiger partial charge in [-0.2, -0.15) is 0 Å². The molecule has 1 aromatic carbocycles. The molecule has 0 aliphatic carbocycles. The Balaban J connectivity index is 1.72. The summed E-state index contributed by atoms with van der Waals surface area (Å²) in [5.41, 5.74) is 1.63. The molecule has 0 unspecified atom stereocenters. The molecule has 3 rings (SSSR count). The second kappa shape index (κ2) is 6.88. The fourth-order valence-electron chi connectivity index (χ4n) is 2.14. The first kappa shape index (κ1) is 16.3. The molecule has 23 heavy (non-hydrogen) atoms. The third-order valence-corrected chi connectivity index (χ3v) is 5.17. The monoisotopic (exact) mass is 439 g/mol. The number of rotatable bonds is 5. The van der Waals surface area contributed by atoms with Crippen molar-refractivity contribution in [1.82, 2.24) is 14.8 Å². The van der Waals surface area contributed by atoms with Gasteiger partial charge in [-0.05, 0) is 47.7 Å². The summed E-state index contributed by atoms with van der Waals surface area (Å²) in [6.07, 6.45) is 1.63. The molecule has 2 heterocycles. The lowest BCUT2D eigenvalue weighted by Crippen LogP contribution is -2.04. The number of hydrogen-bond donors (Lipinski definition) is 0. The highest BCUT2D eigenvalue weighted by Gasteiger charge is 2.16. The van der Waals surface area contributed by atoms with Crippen molar-refractivity contribution < 1.29 is 9.21 Å². The van der Waals surface area contributed by atoms with Crippen LogP contribution >= 0.6 is 34.4 Å². The van der Waals surface area contributed by atoms with Gasteiger partial charge >= 0.3 is 0 Å². The number of carbonyl (C=O) groups is 1. The van der Waals surface area contributed by atoms with Crippen molar-refractivity contribution in [3.05, 3.63) is 51.5 Å². The summed E-state index contributed by atoms with van der Waals surface area (Å²) >= 11 is 3.60. The number of Topliss-reactive ketones (excluding diaryl/α,β-unsaturated/α-hetero) is 1. The maximum Gasteiger partial charge on any atom is 0.191 e. The van der Waals surface area contributed by atoms with E-state index >= 15 is 0 Å². The van der Waals surface area contributed by atoms with Gasteiger partial charge in [0, 0.05) is 16.2 Å². The van der Waals surface area contributed by atoms with E-state index in [1.54, 1.807) is 6.26 Å². The molecule has 0 fully saturated rings. The lowest BCUT2D eigenvalue weighted by atomic mass is 10.2. The molecule has 0 bridgehead atoms. The Kier molecular flexibility index (Phi) is 4.86. The van der Waals surface area contributed by atoms with Crippen molar-refractivity contribution in [3.63, 3.8) is 0 Å². The van der Waals surface area contributed by atoms with Crippen molar-refractivity contribution >= 4 is 40.1 Å². The Morgan fingerprint density at radius 1 is 1.26 bits per heavy atom. The normalized spacial score (nSPS) is 10.9. The Bertz CT molecular complexity index is 839. The zero-order valence-electron chi connectivity index (χ0n) is 12.6. The Labute approximate surface area is 151 Å². The number of thioether (sulfide) groups is 1. The zero-order chi connectivity index (χ0) is 16.4. The number of aryl methyl sites for hydroxylation is 1. The summed E-state index contributed by atoms with van der Waals surface area (Å²) in [6, 6.07) is 9.43. The Morgan fingerprint density at radius 3 is 2.65 bits per heavy atom. The van der Waals surface area contributed by atoms with Crippen LogP contribution < -0.4 is 0 Å². The van der Waals surface area contributed by atoms with Crippen LogP contribution in [0.2, 0.25) is 0 Å². The summed E-state index contributed by atoms with van der Waals surface area (Å²) < 4.78 is 8.30. The number of ketones is 1. The van der Waals surface area contributed by atoms with Gasteiger partial charge < -0.3 is 8.98 Å². The second-order valence-electron chi connectivity index (χ2n) is 4.97. The fraction of sp³-hybridized carbons (Fsp3) is 0.188. The number of benzene rings is 1. The molecule has 7 heteroatoms. The van der Waals surface area contributed by atoms with Crippen molar-refractivity contribution in [1.29, 1.82) is 0 Å². The van der Waals surface area contributed by atoms with E-state index in [1.165, 1.54) is 11.8 Å². The average molecular weight is 439 g/mol. The molecule has 0 atom stereocenters. The van der Waals surface area contributed by atoms with Gasteiger partial charge in [-0.1, -0.05) is 23.9 Å². The van der Waals surface area contributed by atoms with Gasteiger partial charge in [0.2, 0.25) is 0 Å². The van der Waals surface area contributed by atoms with Crippen LogP contribution in [0.25, 0.3) is 11.4 Å².